The maximum Gasteiger partial charge on any atom is 0.349 e. The number of ether oxygens (including phenoxy) is 1. The molecule has 0 aliphatic rings. The molecule has 106 valence electrons. The topological polar surface area (TPSA) is 119 Å². The predicted molar refractivity (Wildman–Crippen MR) is 70.9 cm³/mol. The normalized spacial score (nSPS) is 10.3. The highest BCUT2D eigenvalue weighted by Gasteiger charge is 2.20. The Morgan fingerprint density at radius 2 is 2.35 bits per heavy atom. The quantitative estimate of drug-likeness (QED) is 0.612. The van der Waals surface area contributed by atoms with Crippen LogP contribution < -0.4 is 10.1 Å². The Kier molecular flexibility index (Phi) is 4.08. The van der Waals surface area contributed by atoms with Crippen LogP contribution in [-0.4, -0.2) is 31.6 Å². The first-order valence-electron chi connectivity index (χ1n) is 6.05. The Hall–Kier alpha value is -2.71. The molecule has 2 heterocycles. The van der Waals surface area contributed by atoms with Crippen LogP contribution in [-0.2, 0) is 0 Å². The average molecular weight is 278 g/mol. The number of hydrogen-bond donors (Lipinski definition) is 2. The van der Waals surface area contributed by atoms with E-state index in [2.05, 4.69) is 25.5 Å². The van der Waals surface area contributed by atoms with Gasteiger partial charge in [-0.2, -0.15) is 4.98 Å². The third-order valence-electron chi connectivity index (χ3n) is 2.35. The summed E-state index contributed by atoms with van der Waals surface area (Å²) in [5.41, 5.74) is 0.466. The average Bonchev–Trinajstić information content (AvgIpc) is 2.81. The van der Waals surface area contributed by atoms with Gasteiger partial charge in [0.25, 0.3) is 0 Å². The van der Waals surface area contributed by atoms with E-state index >= 15 is 0 Å². The lowest BCUT2D eigenvalue weighted by molar-refractivity contribution is -0.386. The lowest BCUT2D eigenvalue weighted by Crippen LogP contribution is -2.06. The first-order chi connectivity index (χ1) is 9.60. The molecule has 2 aromatic rings. The SMILES string of the molecule is CCCNc1ncc([N+](=O)[O-])c(Oc2cc(C)[nH]n2)n1. The van der Waals surface area contributed by atoms with Gasteiger partial charge in [0, 0.05) is 18.3 Å². The molecule has 2 aromatic heterocycles. The van der Waals surface area contributed by atoms with Gasteiger partial charge in [-0.05, 0) is 13.3 Å². The molecule has 2 rings (SSSR count). The summed E-state index contributed by atoms with van der Waals surface area (Å²) in [6.07, 6.45) is 1.99. The maximum absolute atomic E-state index is 10.9. The van der Waals surface area contributed by atoms with Crippen LogP contribution in [0.5, 0.6) is 11.8 Å². The number of anilines is 1. The third-order valence-corrected chi connectivity index (χ3v) is 2.35. The van der Waals surface area contributed by atoms with Crippen molar-refractivity contribution >= 4 is 11.6 Å². The Balaban J connectivity index is 2.28. The van der Waals surface area contributed by atoms with Gasteiger partial charge < -0.3 is 10.1 Å². The highest BCUT2D eigenvalue weighted by molar-refractivity contribution is 5.44. The number of nitro groups is 1. The van der Waals surface area contributed by atoms with Crippen LogP contribution in [0.4, 0.5) is 11.6 Å². The number of hydrogen-bond acceptors (Lipinski definition) is 7. The van der Waals surface area contributed by atoms with Gasteiger partial charge in [0.05, 0.1) is 4.92 Å². The van der Waals surface area contributed by atoms with Crippen molar-refractivity contribution in [1.82, 2.24) is 20.2 Å². The van der Waals surface area contributed by atoms with Crippen molar-refractivity contribution in [3.05, 3.63) is 28.1 Å². The molecule has 0 aliphatic carbocycles. The summed E-state index contributed by atoms with van der Waals surface area (Å²) in [5, 5.41) is 20.4. The molecule has 0 unspecified atom stereocenters. The molecule has 0 aromatic carbocycles. The summed E-state index contributed by atoms with van der Waals surface area (Å²) < 4.78 is 5.34. The number of H-pyrrole nitrogens is 1. The minimum atomic E-state index is -0.599. The lowest BCUT2D eigenvalue weighted by Gasteiger charge is -2.05. The molecule has 20 heavy (non-hydrogen) atoms. The Morgan fingerprint density at radius 1 is 1.55 bits per heavy atom. The molecule has 0 spiro atoms. The van der Waals surface area contributed by atoms with Crippen LogP contribution in [0, 0.1) is 17.0 Å². The second-order valence-corrected chi connectivity index (χ2v) is 4.06. The summed E-state index contributed by atoms with van der Waals surface area (Å²) in [6, 6.07) is 1.62. The van der Waals surface area contributed by atoms with Crippen LogP contribution in [0.2, 0.25) is 0 Å². The summed E-state index contributed by atoms with van der Waals surface area (Å²) in [4.78, 5) is 18.2. The van der Waals surface area contributed by atoms with E-state index in [1.54, 1.807) is 13.0 Å². The summed E-state index contributed by atoms with van der Waals surface area (Å²) in [7, 11) is 0. The molecular formula is C11H14N6O3. The van der Waals surface area contributed by atoms with Gasteiger partial charge in [-0.3, -0.25) is 15.2 Å². The van der Waals surface area contributed by atoms with E-state index < -0.39 is 4.92 Å². The van der Waals surface area contributed by atoms with E-state index in [0.717, 1.165) is 18.3 Å². The number of aromatic amines is 1. The molecule has 0 amide bonds. The van der Waals surface area contributed by atoms with Gasteiger partial charge in [-0.25, -0.2) is 4.98 Å². The molecule has 0 aliphatic heterocycles. The van der Waals surface area contributed by atoms with Crippen molar-refractivity contribution in [2.45, 2.75) is 20.3 Å². The van der Waals surface area contributed by atoms with Crippen LogP contribution >= 0.6 is 0 Å². The van der Waals surface area contributed by atoms with Gasteiger partial charge in [-0.15, -0.1) is 5.10 Å². The van der Waals surface area contributed by atoms with Crippen molar-refractivity contribution in [3.63, 3.8) is 0 Å². The van der Waals surface area contributed by atoms with Gasteiger partial charge >= 0.3 is 11.6 Å². The van der Waals surface area contributed by atoms with E-state index in [1.165, 1.54) is 0 Å². The molecule has 0 saturated heterocycles. The Bertz CT molecular complexity index is 612. The molecule has 0 bridgehead atoms. The van der Waals surface area contributed by atoms with E-state index in [-0.39, 0.29) is 23.4 Å². The Morgan fingerprint density at radius 3 is 2.95 bits per heavy atom. The largest absolute Gasteiger partial charge is 0.413 e. The monoisotopic (exact) mass is 278 g/mol. The zero-order valence-electron chi connectivity index (χ0n) is 11.1. The minimum absolute atomic E-state index is 0.143. The molecule has 2 N–H and O–H groups in total. The zero-order valence-corrected chi connectivity index (χ0v) is 11.1. The smallest absolute Gasteiger partial charge is 0.349 e. The van der Waals surface area contributed by atoms with E-state index in [0.29, 0.717) is 6.54 Å². The minimum Gasteiger partial charge on any atom is -0.413 e. The van der Waals surface area contributed by atoms with Gasteiger partial charge in [0.1, 0.15) is 6.20 Å². The summed E-state index contributed by atoms with van der Waals surface area (Å²) >= 11 is 0. The van der Waals surface area contributed by atoms with Crippen molar-refractivity contribution in [1.29, 1.82) is 0 Å². The van der Waals surface area contributed by atoms with E-state index in [1.807, 2.05) is 6.92 Å². The van der Waals surface area contributed by atoms with E-state index in [9.17, 15) is 10.1 Å². The van der Waals surface area contributed by atoms with Crippen molar-refractivity contribution < 1.29 is 9.66 Å². The van der Waals surface area contributed by atoms with Crippen LogP contribution in [0.1, 0.15) is 19.0 Å². The molecule has 9 nitrogen and oxygen atoms in total. The fraction of sp³-hybridized carbons (Fsp3) is 0.364. The molecule has 0 radical (unpaired) electrons. The van der Waals surface area contributed by atoms with Gasteiger partial charge in [0.2, 0.25) is 11.8 Å². The molecule has 0 atom stereocenters. The van der Waals surface area contributed by atoms with Crippen LogP contribution in [0.25, 0.3) is 0 Å². The second-order valence-electron chi connectivity index (χ2n) is 4.06. The highest BCUT2D eigenvalue weighted by atomic mass is 16.6. The lowest BCUT2D eigenvalue weighted by atomic mass is 10.5. The fourth-order valence-electron chi connectivity index (χ4n) is 1.43. The molecular weight excluding hydrogens is 264 g/mol. The fourth-order valence-corrected chi connectivity index (χ4v) is 1.43. The zero-order chi connectivity index (χ0) is 14.5. The Labute approximate surface area is 114 Å². The number of aromatic nitrogens is 4. The van der Waals surface area contributed by atoms with Crippen LogP contribution in [0.15, 0.2) is 12.3 Å². The second kappa shape index (κ2) is 5.95. The summed E-state index contributed by atoms with van der Waals surface area (Å²) in [5.74, 6) is 0.348. The van der Waals surface area contributed by atoms with E-state index in [4.69, 9.17) is 4.74 Å². The summed E-state index contributed by atoms with van der Waals surface area (Å²) in [6.45, 7) is 4.45. The van der Waals surface area contributed by atoms with Crippen LogP contribution in [0.3, 0.4) is 0 Å². The first kappa shape index (κ1) is 13.7. The van der Waals surface area contributed by atoms with Crippen molar-refractivity contribution in [2.24, 2.45) is 0 Å². The maximum atomic E-state index is 10.9. The number of rotatable bonds is 6. The van der Waals surface area contributed by atoms with Crippen molar-refractivity contribution in [3.8, 4) is 11.8 Å². The van der Waals surface area contributed by atoms with Crippen molar-refractivity contribution in [2.75, 3.05) is 11.9 Å². The number of nitrogens with zero attached hydrogens (tertiary/aromatic N) is 4. The van der Waals surface area contributed by atoms with Gasteiger partial charge in [-0.1, -0.05) is 6.92 Å². The van der Waals surface area contributed by atoms with Gasteiger partial charge in [0.15, 0.2) is 0 Å². The molecule has 0 fully saturated rings. The standard InChI is InChI=1S/C11H14N6O3/c1-3-4-12-11-13-6-8(17(18)19)10(14-11)20-9-5-7(2)15-16-9/h5-6H,3-4H2,1-2H3,(H,15,16)(H,12,13,14). The predicted octanol–water partition coefficient (Wildman–Crippen LogP) is 2.03. The molecule has 0 saturated carbocycles. The molecule has 9 heteroatoms. The number of nitrogens with one attached hydrogen (secondary N) is 2. The highest BCUT2D eigenvalue weighted by Crippen LogP contribution is 2.28. The third kappa shape index (κ3) is 3.19. The number of aryl methyl sites for hydroxylation is 1. The first-order valence-corrected chi connectivity index (χ1v) is 6.05.